The van der Waals surface area contributed by atoms with Crippen molar-refractivity contribution in [3.05, 3.63) is 0 Å². The van der Waals surface area contributed by atoms with Gasteiger partial charge in [0.25, 0.3) is 0 Å². The molecule has 0 saturated carbocycles. The van der Waals surface area contributed by atoms with Crippen LogP contribution in [0.5, 0.6) is 0 Å². The molecule has 0 rings (SSSR count). The van der Waals surface area contributed by atoms with Crippen molar-refractivity contribution in [3.8, 4) is 0 Å². The van der Waals surface area contributed by atoms with E-state index in [1.807, 2.05) is 0 Å². The molecule has 0 spiro atoms. The van der Waals surface area contributed by atoms with Crippen LogP contribution in [0.1, 0.15) is 220 Å². The Hall–Kier alpha value is -0.294. The zero-order chi connectivity index (χ0) is 31.5. The molecule has 0 aliphatic rings. The van der Waals surface area contributed by atoms with Crippen molar-refractivity contribution >= 4 is 35.0 Å². The average Bonchev–Trinajstić information content (AvgIpc) is 2.95. The van der Waals surface area contributed by atoms with Crippen molar-refractivity contribution in [2.45, 2.75) is 220 Å². The molecule has 4 nitrogen and oxygen atoms in total. The summed E-state index contributed by atoms with van der Waals surface area (Å²) in [5.74, 6) is -0.309. The maximum absolute atomic E-state index is 10.3. The molecule has 5 heteroatoms. The Morgan fingerprint density at radius 3 is 0.837 bits per heavy atom. The fraction of sp³-hybridized carbons (Fsp3) is 0.947. The average molecular weight is 619 g/mol. The number of carbonyl (C=O) groups excluding carboxylic acids is 2. The van der Waals surface area contributed by atoms with Gasteiger partial charge in [-0.05, 0) is 37.5 Å². The summed E-state index contributed by atoms with van der Waals surface area (Å²) in [5, 5.41) is 20.6. The Bertz CT molecular complexity index is 506. The summed E-state index contributed by atoms with van der Waals surface area (Å²) in [4.78, 5) is 20.6. The molecule has 0 aromatic rings. The van der Waals surface area contributed by atoms with Gasteiger partial charge in [-0.15, -0.1) is 0 Å². The van der Waals surface area contributed by atoms with E-state index in [4.69, 9.17) is 0 Å². The van der Waals surface area contributed by atoms with E-state index in [1.54, 1.807) is 0 Å². The van der Waals surface area contributed by atoms with Crippen LogP contribution in [0.15, 0.2) is 0 Å². The normalized spacial score (nSPS) is 12.2. The Kier molecular flexibility index (Phi) is 43.5. The Morgan fingerprint density at radius 1 is 0.395 bits per heavy atom. The van der Waals surface area contributed by atoms with E-state index in [0.29, 0.717) is 0 Å². The third-order valence-electron chi connectivity index (χ3n) is 8.76. The van der Waals surface area contributed by atoms with E-state index in [-0.39, 0.29) is 35.9 Å². The van der Waals surface area contributed by atoms with Crippen molar-refractivity contribution in [2.24, 2.45) is 11.8 Å². The second kappa shape index (κ2) is 39.7. The molecule has 0 radical (unpaired) electrons. The number of hydrogen-bond donors (Lipinski definition) is 0. The van der Waals surface area contributed by atoms with Crippen molar-refractivity contribution in [1.82, 2.24) is 0 Å². The van der Waals surface area contributed by atoms with Crippen LogP contribution in [0.25, 0.3) is 0 Å². The SMILES string of the molecule is CCCCCCCCCCCCC(C)CCCCC(=O)[O-].CCCCCCCCCCCCC(C)CCCCC(=O)[O-].[Mg+2]. The first kappa shape index (κ1) is 47.1. The molecule has 43 heavy (non-hydrogen) atoms. The molecule has 252 valence electrons. The fourth-order valence-electron chi connectivity index (χ4n) is 5.77. The summed E-state index contributed by atoms with van der Waals surface area (Å²) in [5.41, 5.74) is 0. The molecule has 0 bridgehead atoms. The van der Waals surface area contributed by atoms with Crippen LogP contribution in [0, 0.1) is 11.8 Å². The first-order chi connectivity index (χ1) is 20.3. The predicted molar refractivity (Wildman–Crippen MR) is 184 cm³/mol. The summed E-state index contributed by atoms with van der Waals surface area (Å²) >= 11 is 0. The van der Waals surface area contributed by atoms with Crippen molar-refractivity contribution in [1.29, 1.82) is 0 Å². The maximum Gasteiger partial charge on any atom is 2.00 e. The van der Waals surface area contributed by atoms with Gasteiger partial charge in [0.15, 0.2) is 0 Å². The smallest absolute Gasteiger partial charge is 0.550 e. The summed E-state index contributed by atoms with van der Waals surface area (Å²) in [7, 11) is 0. The molecule has 0 aromatic carbocycles. The molecule has 0 fully saturated rings. The van der Waals surface area contributed by atoms with E-state index in [1.165, 1.54) is 154 Å². The number of carboxylic acid groups (broad SMARTS) is 2. The quantitative estimate of drug-likeness (QED) is 0.0555. The van der Waals surface area contributed by atoms with Crippen LogP contribution in [0.2, 0.25) is 0 Å². The molecule has 0 heterocycles. The molecule has 0 N–H and O–H groups in total. The zero-order valence-corrected chi connectivity index (χ0v) is 31.1. The van der Waals surface area contributed by atoms with Gasteiger partial charge in [0.05, 0.1) is 0 Å². The van der Waals surface area contributed by atoms with E-state index < -0.39 is 11.9 Å². The molecule has 0 aromatic heterocycles. The van der Waals surface area contributed by atoms with Crippen LogP contribution >= 0.6 is 0 Å². The minimum atomic E-state index is -0.905. The van der Waals surface area contributed by atoms with Crippen LogP contribution in [-0.4, -0.2) is 35.0 Å². The van der Waals surface area contributed by atoms with Gasteiger partial charge in [0.2, 0.25) is 0 Å². The summed E-state index contributed by atoms with van der Waals surface area (Å²) in [6, 6.07) is 0. The van der Waals surface area contributed by atoms with Crippen LogP contribution in [-0.2, 0) is 9.59 Å². The van der Waals surface area contributed by atoms with Gasteiger partial charge >= 0.3 is 23.1 Å². The van der Waals surface area contributed by atoms with Crippen molar-refractivity contribution < 1.29 is 19.8 Å². The van der Waals surface area contributed by atoms with Crippen LogP contribution in [0.4, 0.5) is 0 Å². The predicted octanol–water partition coefficient (Wildman–Crippen LogP) is 10.1. The second-order valence-corrected chi connectivity index (χ2v) is 13.4. The van der Waals surface area contributed by atoms with Crippen LogP contribution in [0.3, 0.4) is 0 Å². The van der Waals surface area contributed by atoms with E-state index in [0.717, 1.165) is 37.5 Å². The molecule has 0 aliphatic carbocycles. The van der Waals surface area contributed by atoms with Crippen molar-refractivity contribution in [2.75, 3.05) is 0 Å². The Labute approximate surface area is 285 Å². The Balaban J connectivity index is -0.000000727. The van der Waals surface area contributed by atoms with Crippen molar-refractivity contribution in [3.63, 3.8) is 0 Å². The first-order valence-electron chi connectivity index (χ1n) is 18.7. The maximum atomic E-state index is 10.3. The van der Waals surface area contributed by atoms with E-state index in [9.17, 15) is 19.8 Å². The number of carboxylic acids is 2. The fourth-order valence-corrected chi connectivity index (χ4v) is 5.77. The Morgan fingerprint density at radius 2 is 0.605 bits per heavy atom. The number of rotatable bonds is 32. The van der Waals surface area contributed by atoms with Gasteiger partial charge in [-0.3, -0.25) is 0 Å². The monoisotopic (exact) mass is 619 g/mol. The third-order valence-corrected chi connectivity index (χ3v) is 8.76. The number of hydrogen-bond acceptors (Lipinski definition) is 4. The minimum absolute atomic E-state index is 0. The molecule has 0 aliphatic heterocycles. The van der Waals surface area contributed by atoms with Crippen LogP contribution < -0.4 is 10.2 Å². The molecule has 2 atom stereocenters. The molecule has 2 unspecified atom stereocenters. The number of unbranched alkanes of at least 4 members (excludes halogenated alkanes) is 20. The molecule has 0 saturated heterocycles. The van der Waals surface area contributed by atoms with Gasteiger partial charge < -0.3 is 19.8 Å². The van der Waals surface area contributed by atoms with Gasteiger partial charge in [0, 0.05) is 11.9 Å². The number of aliphatic carboxylic acids is 2. The molecular weight excluding hydrogens is 545 g/mol. The summed E-state index contributed by atoms with van der Waals surface area (Å²) < 4.78 is 0. The topological polar surface area (TPSA) is 80.3 Å². The number of carbonyl (C=O) groups is 2. The van der Waals surface area contributed by atoms with Gasteiger partial charge in [-0.2, -0.15) is 0 Å². The van der Waals surface area contributed by atoms with E-state index in [2.05, 4.69) is 27.7 Å². The zero-order valence-electron chi connectivity index (χ0n) is 29.7. The third kappa shape index (κ3) is 46.2. The minimum Gasteiger partial charge on any atom is -0.550 e. The van der Waals surface area contributed by atoms with Gasteiger partial charge in [0.1, 0.15) is 0 Å². The summed E-state index contributed by atoms with van der Waals surface area (Å²) in [6.07, 6.45) is 37.0. The van der Waals surface area contributed by atoms with Gasteiger partial charge in [-0.1, -0.05) is 195 Å². The molecular formula is C38H74MgO4. The standard InChI is InChI=1S/2C19H38O2.Mg/c2*1-3-4-5-6-7-8-9-10-11-12-15-18(2)16-13-14-17-19(20)21;/h2*18H,3-17H2,1-2H3,(H,20,21);/q;;+2/p-2. The first-order valence-corrected chi connectivity index (χ1v) is 18.7. The summed E-state index contributed by atoms with van der Waals surface area (Å²) in [6.45, 7) is 9.13. The molecule has 0 amide bonds. The van der Waals surface area contributed by atoms with E-state index >= 15 is 0 Å². The van der Waals surface area contributed by atoms with Gasteiger partial charge in [-0.25, -0.2) is 0 Å². The largest absolute Gasteiger partial charge is 2.00 e. The second-order valence-electron chi connectivity index (χ2n) is 13.4.